The number of carbonyl (C=O) groups excluding carboxylic acids is 1. The van der Waals surface area contributed by atoms with E-state index in [4.69, 9.17) is 4.74 Å². The van der Waals surface area contributed by atoms with Crippen LogP contribution in [0.4, 0.5) is 4.79 Å². The van der Waals surface area contributed by atoms with Crippen LogP contribution < -0.4 is 0 Å². The quantitative estimate of drug-likeness (QED) is 0.838. The summed E-state index contributed by atoms with van der Waals surface area (Å²) in [6.45, 7) is 7.00. The van der Waals surface area contributed by atoms with Gasteiger partial charge in [0.1, 0.15) is 5.60 Å². The van der Waals surface area contributed by atoms with E-state index in [0.29, 0.717) is 13.1 Å². The Kier molecular flexibility index (Phi) is 4.74. The minimum absolute atomic E-state index is 0.238. The molecule has 0 bridgehead atoms. The average molecular weight is 343 g/mol. The second-order valence-electron chi connectivity index (χ2n) is 7.43. The van der Waals surface area contributed by atoms with Crippen molar-refractivity contribution in [1.82, 2.24) is 24.6 Å². The summed E-state index contributed by atoms with van der Waals surface area (Å²) in [5.74, 6) is 0.280. The molecule has 7 nitrogen and oxygen atoms in total. The number of aryl methyl sites for hydroxylation is 1. The molecule has 25 heavy (non-hydrogen) atoms. The molecular formula is C18H25N5O2. The van der Waals surface area contributed by atoms with Gasteiger partial charge in [-0.2, -0.15) is 5.10 Å². The number of carbonyl (C=O) groups is 1. The SMILES string of the molecule is Cn1cc(-c2nccnc2C2CCN(C(=O)OC(C)(C)C)CC2)cn1. The number of piperidine rings is 1. The maximum atomic E-state index is 12.2. The van der Waals surface area contributed by atoms with Crippen molar-refractivity contribution in [2.75, 3.05) is 13.1 Å². The van der Waals surface area contributed by atoms with Crippen molar-refractivity contribution < 1.29 is 9.53 Å². The molecule has 1 saturated heterocycles. The lowest BCUT2D eigenvalue weighted by molar-refractivity contribution is 0.0204. The summed E-state index contributed by atoms with van der Waals surface area (Å²) in [7, 11) is 1.89. The van der Waals surface area contributed by atoms with Crippen LogP contribution in [-0.2, 0) is 11.8 Å². The van der Waals surface area contributed by atoms with E-state index in [-0.39, 0.29) is 12.0 Å². The Labute approximate surface area is 148 Å². The first-order valence-corrected chi connectivity index (χ1v) is 8.61. The Hall–Kier alpha value is -2.44. The van der Waals surface area contributed by atoms with Crippen LogP contribution in [0.5, 0.6) is 0 Å². The third-order valence-corrected chi connectivity index (χ3v) is 4.24. The smallest absolute Gasteiger partial charge is 0.410 e. The van der Waals surface area contributed by atoms with Crippen LogP contribution >= 0.6 is 0 Å². The van der Waals surface area contributed by atoms with Crippen LogP contribution in [0.1, 0.15) is 45.2 Å². The van der Waals surface area contributed by atoms with Crippen molar-refractivity contribution in [3.05, 3.63) is 30.5 Å². The van der Waals surface area contributed by atoms with Gasteiger partial charge in [-0.1, -0.05) is 0 Å². The van der Waals surface area contributed by atoms with Gasteiger partial charge in [0.25, 0.3) is 0 Å². The number of amides is 1. The van der Waals surface area contributed by atoms with E-state index in [1.165, 1.54) is 0 Å². The average Bonchev–Trinajstić information content (AvgIpc) is 3.00. The molecule has 0 radical (unpaired) electrons. The maximum absolute atomic E-state index is 12.2. The fourth-order valence-electron chi connectivity index (χ4n) is 3.08. The van der Waals surface area contributed by atoms with Crippen LogP contribution in [0, 0.1) is 0 Å². The molecule has 7 heteroatoms. The first-order chi connectivity index (χ1) is 11.8. The second kappa shape index (κ2) is 6.82. The van der Waals surface area contributed by atoms with E-state index in [9.17, 15) is 4.79 Å². The molecule has 1 aliphatic rings. The summed E-state index contributed by atoms with van der Waals surface area (Å²) in [5, 5.41) is 4.23. The lowest BCUT2D eigenvalue weighted by Crippen LogP contribution is -2.41. The minimum Gasteiger partial charge on any atom is -0.444 e. The van der Waals surface area contributed by atoms with Gasteiger partial charge >= 0.3 is 6.09 Å². The molecular weight excluding hydrogens is 318 g/mol. The molecule has 0 aromatic carbocycles. The molecule has 2 aromatic rings. The second-order valence-corrected chi connectivity index (χ2v) is 7.43. The molecule has 134 valence electrons. The van der Waals surface area contributed by atoms with Gasteiger partial charge < -0.3 is 9.64 Å². The molecule has 0 saturated carbocycles. The zero-order valence-electron chi connectivity index (χ0n) is 15.3. The van der Waals surface area contributed by atoms with Gasteiger partial charge in [-0.25, -0.2) is 4.79 Å². The zero-order valence-corrected chi connectivity index (χ0v) is 15.3. The summed E-state index contributed by atoms with van der Waals surface area (Å²) < 4.78 is 7.22. The minimum atomic E-state index is -0.466. The van der Waals surface area contributed by atoms with E-state index in [0.717, 1.165) is 29.8 Å². The van der Waals surface area contributed by atoms with Crippen molar-refractivity contribution in [3.8, 4) is 11.3 Å². The molecule has 0 unspecified atom stereocenters. The highest BCUT2D eigenvalue weighted by Gasteiger charge is 2.29. The Bertz CT molecular complexity index is 742. The van der Waals surface area contributed by atoms with Gasteiger partial charge in [-0.3, -0.25) is 14.6 Å². The third kappa shape index (κ3) is 4.15. The Morgan fingerprint density at radius 1 is 1.20 bits per heavy atom. The van der Waals surface area contributed by atoms with Crippen molar-refractivity contribution >= 4 is 6.09 Å². The van der Waals surface area contributed by atoms with Crippen molar-refractivity contribution in [3.63, 3.8) is 0 Å². The molecule has 3 heterocycles. The lowest BCUT2D eigenvalue weighted by atomic mass is 9.91. The predicted octanol–water partition coefficient (Wildman–Crippen LogP) is 2.99. The number of hydrogen-bond donors (Lipinski definition) is 0. The lowest BCUT2D eigenvalue weighted by Gasteiger charge is -2.33. The summed E-state index contributed by atoms with van der Waals surface area (Å²) >= 11 is 0. The molecule has 1 fully saturated rings. The Morgan fingerprint density at radius 3 is 2.48 bits per heavy atom. The van der Waals surface area contributed by atoms with Crippen molar-refractivity contribution in [2.45, 2.75) is 45.1 Å². The number of aromatic nitrogens is 4. The number of likely N-dealkylation sites (tertiary alicyclic amines) is 1. The fraction of sp³-hybridized carbons (Fsp3) is 0.556. The van der Waals surface area contributed by atoms with Gasteiger partial charge in [-0.05, 0) is 33.6 Å². The highest BCUT2D eigenvalue weighted by molar-refractivity contribution is 5.68. The predicted molar refractivity (Wildman–Crippen MR) is 94.0 cm³/mol. The van der Waals surface area contributed by atoms with Gasteiger partial charge in [0.2, 0.25) is 0 Å². The van der Waals surface area contributed by atoms with Crippen LogP contribution in [0.15, 0.2) is 24.8 Å². The standard InChI is InChI=1S/C18H25N5O2/c1-18(2,3)25-17(24)23-9-5-13(6-10-23)15-16(20-8-7-19-15)14-11-21-22(4)12-14/h7-8,11-13H,5-6,9-10H2,1-4H3. The highest BCUT2D eigenvalue weighted by atomic mass is 16.6. The number of nitrogens with zero attached hydrogens (tertiary/aromatic N) is 5. The third-order valence-electron chi connectivity index (χ3n) is 4.24. The monoisotopic (exact) mass is 343 g/mol. The zero-order chi connectivity index (χ0) is 18.0. The number of hydrogen-bond acceptors (Lipinski definition) is 5. The molecule has 0 aliphatic carbocycles. The van der Waals surface area contributed by atoms with Gasteiger partial charge in [0.15, 0.2) is 0 Å². The largest absolute Gasteiger partial charge is 0.444 e. The first-order valence-electron chi connectivity index (χ1n) is 8.61. The van der Waals surface area contributed by atoms with Gasteiger partial charge in [0.05, 0.1) is 17.6 Å². The van der Waals surface area contributed by atoms with Crippen molar-refractivity contribution in [2.24, 2.45) is 7.05 Å². The normalized spacial score (nSPS) is 16.1. The maximum Gasteiger partial charge on any atom is 0.410 e. The van der Waals surface area contributed by atoms with E-state index in [1.54, 1.807) is 22.0 Å². The summed E-state index contributed by atoms with van der Waals surface area (Å²) in [6, 6.07) is 0. The fourth-order valence-corrected chi connectivity index (χ4v) is 3.08. The van der Waals surface area contributed by atoms with E-state index < -0.39 is 5.60 Å². The molecule has 1 amide bonds. The summed E-state index contributed by atoms with van der Waals surface area (Å²) in [6.07, 6.45) is 8.66. The molecule has 1 aliphatic heterocycles. The van der Waals surface area contributed by atoms with Gasteiger partial charge in [-0.15, -0.1) is 0 Å². The van der Waals surface area contributed by atoms with Crippen LogP contribution in [0.3, 0.4) is 0 Å². The molecule has 0 N–H and O–H groups in total. The van der Waals surface area contributed by atoms with Crippen molar-refractivity contribution in [1.29, 1.82) is 0 Å². The molecule has 0 atom stereocenters. The summed E-state index contributed by atoms with van der Waals surface area (Å²) in [5.41, 5.74) is 2.37. The first kappa shape index (κ1) is 17.4. The van der Waals surface area contributed by atoms with Crippen LogP contribution in [0.2, 0.25) is 0 Å². The van der Waals surface area contributed by atoms with Crippen LogP contribution in [-0.4, -0.2) is 49.4 Å². The van der Waals surface area contributed by atoms with E-state index >= 15 is 0 Å². The van der Waals surface area contributed by atoms with E-state index in [1.807, 2.05) is 40.2 Å². The van der Waals surface area contributed by atoms with E-state index in [2.05, 4.69) is 15.1 Å². The molecule has 2 aromatic heterocycles. The summed E-state index contributed by atoms with van der Waals surface area (Å²) in [4.78, 5) is 23.1. The Morgan fingerprint density at radius 2 is 1.88 bits per heavy atom. The Balaban J connectivity index is 1.71. The topological polar surface area (TPSA) is 73.1 Å². The molecule has 3 rings (SSSR count). The number of rotatable bonds is 2. The van der Waals surface area contributed by atoms with Crippen LogP contribution in [0.25, 0.3) is 11.3 Å². The molecule has 0 spiro atoms. The highest BCUT2D eigenvalue weighted by Crippen LogP contribution is 2.32. The van der Waals surface area contributed by atoms with Gasteiger partial charge in [0, 0.05) is 50.2 Å². The number of ether oxygens (including phenoxy) is 1.